The van der Waals surface area contributed by atoms with Crippen molar-refractivity contribution in [1.29, 1.82) is 0 Å². The van der Waals surface area contributed by atoms with E-state index in [-0.39, 0.29) is 17.2 Å². The topological polar surface area (TPSA) is 56.2 Å². The van der Waals surface area contributed by atoms with E-state index < -0.39 is 0 Å². The standard InChI is InChI=1S/C25H33N3O2/c1-18(2)24(29)26-15-14-23-27-21-8-6-7-9-22(21)28(23)16-17-30-20-12-10-19(11-13-20)25(3,4)5/h6-13,18H,14-17H2,1-5H3,(H,26,29). The number of imidazole rings is 1. The normalized spacial score (nSPS) is 11.8. The number of carbonyl (C=O) groups excluding carboxylic acids is 1. The van der Waals surface area contributed by atoms with E-state index in [4.69, 9.17) is 9.72 Å². The number of amides is 1. The molecule has 0 saturated carbocycles. The van der Waals surface area contributed by atoms with Gasteiger partial charge in [0.15, 0.2) is 0 Å². The molecule has 1 aromatic heterocycles. The molecule has 0 bridgehead atoms. The van der Waals surface area contributed by atoms with E-state index in [1.807, 2.05) is 44.2 Å². The summed E-state index contributed by atoms with van der Waals surface area (Å²) in [6, 6.07) is 16.5. The first kappa shape index (κ1) is 21.9. The van der Waals surface area contributed by atoms with Gasteiger partial charge in [-0.3, -0.25) is 4.79 Å². The molecule has 1 amide bonds. The van der Waals surface area contributed by atoms with Gasteiger partial charge in [0.1, 0.15) is 18.2 Å². The zero-order valence-corrected chi connectivity index (χ0v) is 18.7. The van der Waals surface area contributed by atoms with Crippen LogP contribution in [0.3, 0.4) is 0 Å². The number of rotatable bonds is 8. The predicted octanol–water partition coefficient (Wildman–Crippen LogP) is 4.73. The molecule has 0 aliphatic carbocycles. The lowest BCUT2D eigenvalue weighted by Crippen LogP contribution is -2.30. The number of benzene rings is 2. The van der Waals surface area contributed by atoms with Crippen LogP contribution in [0.25, 0.3) is 11.0 Å². The van der Waals surface area contributed by atoms with Crippen LogP contribution < -0.4 is 10.1 Å². The lowest BCUT2D eigenvalue weighted by Gasteiger charge is -2.19. The molecule has 0 fully saturated rings. The summed E-state index contributed by atoms with van der Waals surface area (Å²) in [6.45, 7) is 12.3. The zero-order valence-electron chi connectivity index (χ0n) is 18.7. The summed E-state index contributed by atoms with van der Waals surface area (Å²) < 4.78 is 8.20. The third-order valence-corrected chi connectivity index (χ3v) is 5.21. The molecular weight excluding hydrogens is 374 g/mol. The molecule has 0 saturated heterocycles. The van der Waals surface area contributed by atoms with Crippen LogP contribution in [0.2, 0.25) is 0 Å². The van der Waals surface area contributed by atoms with E-state index in [1.165, 1.54) is 5.56 Å². The fraction of sp³-hybridized carbons (Fsp3) is 0.440. The van der Waals surface area contributed by atoms with Gasteiger partial charge < -0.3 is 14.6 Å². The van der Waals surface area contributed by atoms with E-state index >= 15 is 0 Å². The van der Waals surface area contributed by atoms with Gasteiger partial charge in [-0.05, 0) is 35.2 Å². The fourth-order valence-corrected chi connectivity index (χ4v) is 3.37. The molecule has 5 heteroatoms. The molecule has 0 radical (unpaired) electrons. The monoisotopic (exact) mass is 407 g/mol. The number of aromatic nitrogens is 2. The zero-order chi connectivity index (χ0) is 21.7. The molecular formula is C25H33N3O2. The summed E-state index contributed by atoms with van der Waals surface area (Å²) in [5.41, 5.74) is 3.49. The van der Waals surface area contributed by atoms with E-state index in [0.29, 0.717) is 26.1 Å². The highest BCUT2D eigenvalue weighted by molar-refractivity contribution is 5.78. The Morgan fingerprint density at radius 2 is 1.80 bits per heavy atom. The Morgan fingerprint density at radius 3 is 2.47 bits per heavy atom. The van der Waals surface area contributed by atoms with Crippen LogP contribution >= 0.6 is 0 Å². The van der Waals surface area contributed by atoms with E-state index in [9.17, 15) is 4.79 Å². The van der Waals surface area contributed by atoms with Gasteiger partial charge in [0.2, 0.25) is 5.91 Å². The Bertz CT molecular complexity index is 982. The first-order chi connectivity index (χ1) is 14.3. The van der Waals surface area contributed by atoms with E-state index in [0.717, 1.165) is 22.6 Å². The summed E-state index contributed by atoms with van der Waals surface area (Å²) >= 11 is 0. The maximum atomic E-state index is 11.8. The third-order valence-electron chi connectivity index (χ3n) is 5.21. The molecule has 30 heavy (non-hydrogen) atoms. The number of fused-ring (bicyclic) bond motifs is 1. The number of nitrogens with zero attached hydrogens (tertiary/aromatic N) is 2. The quantitative estimate of drug-likeness (QED) is 0.587. The number of hydrogen-bond donors (Lipinski definition) is 1. The van der Waals surface area contributed by atoms with Gasteiger partial charge in [-0.2, -0.15) is 0 Å². The molecule has 3 rings (SSSR count). The number of nitrogens with one attached hydrogen (secondary N) is 1. The number of carbonyl (C=O) groups is 1. The van der Waals surface area contributed by atoms with Gasteiger partial charge in [0.05, 0.1) is 17.6 Å². The number of hydrogen-bond acceptors (Lipinski definition) is 3. The van der Waals surface area contributed by atoms with Gasteiger partial charge in [-0.1, -0.05) is 58.9 Å². The highest BCUT2D eigenvalue weighted by Gasteiger charge is 2.14. The van der Waals surface area contributed by atoms with Gasteiger partial charge in [0, 0.05) is 18.9 Å². The van der Waals surface area contributed by atoms with Crippen molar-refractivity contribution in [1.82, 2.24) is 14.9 Å². The molecule has 0 aliphatic rings. The Balaban J connectivity index is 1.66. The van der Waals surface area contributed by atoms with Crippen LogP contribution in [0, 0.1) is 5.92 Å². The smallest absolute Gasteiger partial charge is 0.222 e. The van der Waals surface area contributed by atoms with Crippen LogP contribution in [0.4, 0.5) is 0 Å². The molecule has 3 aromatic rings. The van der Waals surface area contributed by atoms with Crippen molar-refractivity contribution >= 4 is 16.9 Å². The summed E-state index contributed by atoms with van der Waals surface area (Å²) in [6.07, 6.45) is 0.688. The summed E-state index contributed by atoms with van der Waals surface area (Å²) in [5.74, 6) is 1.90. The van der Waals surface area contributed by atoms with E-state index in [1.54, 1.807) is 0 Å². The summed E-state index contributed by atoms with van der Waals surface area (Å²) in [5, 5.41) is 2.98. The molecule has 0 atom stereocenters. The molecule has 0 spiro atoms. The maximum Gasteiger partial charge on any atom is 0.222 e. The fourth-order valence-electron chi connectivity index (χ4n) is 3.37. The van der Waals surface area contributed by atoms with Crippen LogP contribution in [-0.4, -0.2) is 28.6 Å². The lowest BCUT2D eigenvalue weighted by atomic mass is 9.87. The molecule has 1 heterocycles. The van der Waals surface area contributed by atoms with Crippen molar-refractivity contribution in [2.24, 2.45) is 5.92 Å². The number of ether oxygens (including phenoxy) is 1. The summed E-state index contributed by atoms with van der Waals surface area (Å²) in [4.78, 5) is 16.6. The second-order valence-corrected chi connectivity index (χ2v) is 8.99. The maximum absolute atomic E-state index is 11.8. The van der Waals surface area contributed by atoms with Gasteiger partial charge >= 0.3 is 0 Å². The van der Waals surface area contributed by atoms with Crippen molar-refractivity contribution in [2.45, 2.75) is 53.0 Å². The first-order valence-electron chi connectivity index (χ1n) is 10.7. The van der Waals surface area contributed by atoms with Crippen LogP contribution in [0.1, 0.15) is 46.0 Å². The third kappa shape index (κ3) is 5.41. The Morgan fingerprint density at radius 1 is 1.10 bits per heavy atom. The molecule has 5 nitrogen and oxygen atoms in total. The van der Waals surface area contributed by atoms with Crippen LogP contribution in [0.15, 0.2) is 48.5 Å². The molecule has 0 unspecified atom stereocenters. The van der Waals surface area contributed by atoms with Crippen molar-refractivity contribution in [3.8, 4) is 5.75 Å². The first-order valence-corrected chi connectivity index (χ1v) is 10.7. The largest absolute Gasteiger partial charge is 0.492 e. The predicted molar refractivity (Wildman–Crippen MR) is 122 cm³/mol. The second kappa shape index (κ2) is 9.33. The van der Waals surface area contributed by atoms with Crippen molar-refractivity contribution in [2.75, 3.05) is 13.2 Å². The van der Waals surface area contributed by atoms with Crippen LogP contribution in [-0.2, 0) is 23.2 Å². The van der Waals surface area contributed by atoms with Crippen molar-refractivity contribution < 1.29 is 9.53 Å². The molecule has 1 N–H and O–H groups in total. The van der Waals surface area contributed by atoms with Crippen molar-refractivity contribution in [3.05, 3.63) is 59.9 Å². The SMILES string of the molecule is CC(C)C(=O)NCCc1nc2ccccc2n1CCOc1ccc(C(C)(C)C)cc1. The minimum atomic E-state index is -0.0121. The van der Waals surface area contributed by atoms with Crippen LogP contribution in [0.5, 0.6) is 5.75 Å². The van der Waals surface area contributed by atoms with Gasteiger partial charge in [-0.15, -0.1) is 0 Å². The highest BCUT2D eigenvalue weighted by Crippen LogP contribution is 2.24. The average Bonchev–Trinajstić information content (AvgIpc) is 3.05. The van der Waals surface area contributed by atoms with E-state index in [2.05, 4.69) is 48.9 Å². The highest BCUT2D eigenvalue weighted by atomic mass is 16.5. The second-order valence-electron chi connectivity index (χ2n) is 8.99. The average molecular weight is 408 g/mol. The molecule has 160 valence electrons. The lowest BCUT2D eigenvalue weighted by molar-refractivity contribution is -0.123. The van der Waals surface area contributed by atoms with Crippen molar-refractivity contribution in [3.63, 3.8) is 0 Å². The molecule has 2 aromatic carbocycles. The summed E-state index contributed by atoms with van der Waals surface area (Å²) in [7, 11) is 0. The minimum absolute atomic E-state index is 0.0121. The van der Waals surface area contributed by atoms with Gasteiger partial charge in [-0.25, -0.2) is 4.98 Å². The Labute approximate surface area is 179 Å². The minimum Gasteiger partial charge on any atom is -0.492 e. The molecule has 0 aliphatic heterocycles. The Kier molecular flexibility index (Phi) is 6.80. The Hall–Kier alpha value is -2.82. The number of para-hydroxylation sites is 2. The van der Waals surface area contributed by atoms with Gasteiger partial charge in [0.25, 0.3) is 0 Å².